The molecule has 18 heavy (non-hydrogen) atoms. The van der Waals surface area contributed by atoms with Crippen LogP contribution < -0.4 is 5.14 Å². The van der Waals surface area contributed by atoms with Crippen LogP contribution in [0.5, 0.6) is 0 Å². The fourth-order valence-corrected chi connectivity index (χ4v) is 1.94. The molecule has 0 saturated heterocycles. The summed E-state index contributed by atoms with van der Waals surface area (Å²) in [6.45, 7) is -1.18. The number of primary sulfonamides is 1. The second kappa shape index (κ2) is 4.86. The van der Waals surface area contributed by atoms with Crippen LogP contribution in [0, 0.1) is 0 Å². The number of nitrogens with two attached hydrogens (primary N) is 1. The molecular weight excluding hydrogens is 273 g/mol. The number of aryl methyl sites for hydroxylation is 1. The van der Waals surface area contributed by atoms with Crippen LogP contribution in [0.25, 0.3) is 0 Å². The predicted molar refractivity (Wildman–Crippen MR) is 57.0 cm³/mol. The maximum Gasteiger partial charge on any atom is 0.401 e. The largest absolute Gasteiger partial charge is 0.401 e. The van der Waals surface area contributed by atoms with Crippen molar-refractivity contribution in [2.24, 2.45) is 12.2 Å². The molecule has 0 aromatic carbocycles. The lowest BCUT2D eigenvalue weighted by atomic mass is 10.4. The number of hydrogen-bond donors (Lipinski definition) is 1. The number of aromatic nitrogens is 2. The van der Waals surface area contributed by atoms with Crippen LogP contribution in [-0.2, 0) is 23.6 Å². The minimum Gasteiger partial charge on any atom is -0.292 e. The molecule has 2 N–H and O–H groups in total. The fourth-order valence-electron chi connectivity index (χ4n) is 1.40. The number of sulfonamides is 1. The van der Waals surface area contributed by atoms with Crippen LogP contribution in [0.2, 0.25) is 0 Å². The normalized spacial score (nSPS) is 13.3. The van der Waals surface area contributed by atoms with Crippen LogP contribution in [0.1, 0.15) is 5.69 Å². The maximum atomic E-state index is 12.1. The van der Waals surface area contributed by atoms with Gasteiger partial charge in [-0.05, 0) is 7.05 Å². The monoisotopic (exact) mass is 286 g/mol. The van der Waals surface area contributed by atoms with Gasteiger partial charge >= 0.3 is 6.18 Å². The standard InChI is InChI=1S/C8H13F3N4O2S/c1-14(5-8(9,10)11)4-6-3-7(13-15(6)2)18(12,16)17/h3H,4-5H2,1-2H3,(H2,12,16,17). The first-order chi connectivity index (χ1) is 7.99. The van der Waals surface area contributed by atoms with E-state index in [1.54, 1.807) is 0 Å². The number of rotatable bonds is 4. The third-order valence-corrected chi connectivity index (χ3v) is 2.91. The van der Waals surface area contributed by atoms with Crippen molar-refractivity contribution in [2.45, 2.75) is 17.7 Å². The molecule has 104 valence electrons. The topological polar surface area (TPSA) is 81.2 Å². The van der Waals surface area contributed by atoms with Crippen molar-refractivity contribution >= 4 is 10.0 Å². The van der Waals surface area contributed by atoms with E-state index in [-0.39, 0.29) is 11.6 Å². The van der Waals surface area contributed by atoms with Crippen molar-refractivity contribution in [2.75, 3.05) is 13.6 Å². The van der Waals surface area contributed by atoms with Crippen molar-refractivity contribution in [3.8, 4) is 0 Å². The Morgan fingerprint density at radius 1 is 1.50 bits per heavy atom. The molecule has 1 aromatic heterocycles. The molecule has 1 aromatic rings. The predicted octanol–water partition coefficient (Wildman–Crippen LogP) is 0.0616. The van der Waals surface area contributed by atoms with Gasteiger partial charge in [-0.15, -0.1) is 0 Å². The van der Waals surface area contributed by atoms with Gasteiger partial charge in [-0.3, -0.25) is 9.58 Å². The maximum absolute atomic E-state index is 12.1. The highest BCUT2D eigenvalue weighted by atomic mass is 32.2. The van der Waals surface area contributed by atoms with E-state index in [9.17, 15) is 21.6 Å². The van der Waals surface area contributed by atoms with E-state index in [4.69, 9.17) is 5.14 Å². The Balaban J connectivity index is 2.83. The van der Waals surface area contributed by atoms with E-state index < -0.39 is 22.7 Å². The van der Waals surface area contributed by atoms with Crippen LogP contribution >= 0.6 is 0 Å². The molecule has 1 heterocycles. The Morgan fingerprint density at radius 2 is 2.06 bits per heavy atom. The molecular formula is C8H13F3N4O2S. The van der Waals surface area contributed by atoms with E-state index in [0.717, 1.165) is 11.0 Å². The van der Waals surface area contributed by atoms with Gasteiger partial charge in [-0.2, -0.15) is 18.3 Å². The zero-order valence-corrected chi connectivity index (χ0v) is 10.6. The molecule has 1 rings (SSSR count). The summed E-state index contributed by atoms with van der Waals surface area (Å²) in [7, 11) is -1.24. The summed E-state index contributed by atoms with van der Waals surface area (Å²) in [5.41, 5.74) is 0.325. The fraction of sp³-hybridized carbons (Fsp3) is 0.625. The summed E-state index contributed by atoms with van der Waals surface area (Å²) in [5, 5.41) is 8.14. The molecule has 0 aliphatic heterocycles. The van der Waals surface area contributed by atoms with Gasteiger partial charge in [0.1, 0.15) is 0 Å². The Hall–Kier alpha value is -1.13. The minimum absolute atomic E-state index is 0.0848. The van der Waals surface area contributed by atoms with Crippen molar-refractivity contribution in [1.82, 2.24) is 14.7 Å². The van der Waals surface area contributed by atoms with Crippen LogP contribution in [0.15, 0.2) is 11.1 Å². The van der Waals surface area contributed by atoms with Gasteiger partial charge in [0.25, 0.3) is 10.0 Å². The van der Waals surface area contributed by atoms with Crippen molar-refractivity contribution in [1.29, 1.82) is 0 Å². The Labute approximate surface area is 102 Å². The summed E-state index contributed by atoms with van der Waals surface area (Å²) in [5.74, 6) is 0. The summed E-state index contributed by atoms with van der Waals surface area (Å²) in [6.07, 6.45) is -4.31. The summed E-state index contributed by atoms with van der Waals surface area (Å²) in [4.78, 5) is 1.00. The molecule has 0 atom stereocenters. The van der Waals surface area contributed by atoms with E-state index in [1.807, 2.05) is 0 Å². The third kappa shape index (κ3) is 4.27. The van der Waals surface area contributed by atoms with Crippen molar-refractivity contribution in [3.05, 3.63) is 11.8 Å². The lowest BCUT2D eigenvalue weighted by Crippen LogP contribution is -2.31. The second-order valence-corrected chi connectivity index (χ2v) is 5.44. The molecule has 0 amide bonds. The highest BCUT2D eigenvalue weighted by Crippen LogP contribution is 2.17. The van der Waals surface area contributed by atoms with E-state index in [1.165, 1.54) is 18.8 Å². The molecule has 0 aliphatic carbocycles. The molecule has 0 unspecified atom stereocenters. The number of halogens is 3. The molecule has 0 fully saturated rings. The van der Waals surface area contributed by atoms with Gasteiger partial charge in [0, 0.05) is 19.7 Å². The molecule has 0 spiro atoms. The van der Waals surface area contributed by atoms with Gasteiger partial charge < -0.3 is 0 Å². The highest BCUT2D eigenvalue weighted by molar-refractivity contribution is 7.89. The molecule has 0 radical (unpaired) electrons. The van der Waals surface area contributed by atoms with Gasteiger partial charge in [0.2, 0.25) is 0 Å². The molecule has 10 heteroatoms. The average molecular weight is 286 g/mol. The lowest BCUT2D eigenvalue weighted by Gasteiger charge is -2.18. The smallest absolute Gasteiger partial charge is 0.292 e. The zero-order chi connectivity index (χ0) is 14.1. The molecule has 6 nitrogen and oxygen atoms in total. The summed E-state index contributed by atoms with van der Waals surface area (Å²) < 4.78 is 59.6. The summed E-state index contributed by atoms with van der Waals surface area (Å²) in [6, 6.07) is 1.15. The minimum atomic E-state index is -4.31. The third-order valence-electron chi connectivity index (χ3n) is 2.13. The number of alkyl halides is 3. The lowest BCUT2D eigenvalue weighted by molar-refractivity contribution is -0.144. The van der Waals surface area contributed by atoms with Gasteiger partial charge in [-0.1, -0.05) is 0 Å². The van der Waals surface area contributed by atoms with Crippen molar-refractivity contribution in [3.63, 3.8) is 0 Å². The Morgan fingerprint density at radius 3 is 2.44 bits per heavy atom. The van der Waals surface area contributed by atoms with Crippen LogP contribution in [-0.4, -0.2) is 42.9 Å². The van der Waals surface area contributed by atoms with Gasteiger partial charge in [0.05, 0.1) is 12.2 Å². The SMILES string of the molecule is CN(Cc1cc(S(N)(=O)=O)nn1C)CC(F)(F)F. The average Bonchev–Trinajstić information content (AvgIpc) is 2.43. The Kier molecular flexibility index (Phi) is 4.03. The van der Waals surface area contributed by atoms with Crippen LogP contribution in [0.3, 0.4) is 0 Å². The molecule has 0 bridgehead atoms. The number of hydrogen-bond acceptors (Lipinski definition) is 4. The number of nitrogens with zero attached hydrogens (tertiary/aromatic N) is 3. The first kappa shape index (κ1) is 14.9. The van der Waals surface area contributed by atoms with Gasteiger partial charge in [0.15, 0.2) is 5.03 Å². The van der Waals surface area contributed by atoms with E-state index in [0.29, 0.717) is 5.69 Å². The first-order valence-corrected chi connectivity index (χ1v) is 6.34. The van der Waals surface area contributed by atoms with Crippen molar-refractivity contribution < 1.29 is 21.6 Å². The molecule has 0 saturated carbocycles. The Bertz CT molecular complexity index is 523. The van der Waals surface area contributed by atoms with Crippen LogP contribution in [0.4, 0.5) is 13.2 Å². The van der Waals surface area contributed by atoms with Gasteiger partial charge in [-0.25, -0.2) is 13.6 Å². The highest BCUT2D eigenvalue weighted by Gasteiger charge is 2.29. The quantitative estimate of drug-likeness (QED) is 0.848. The first-order valence-electron chi connectivity index (χ1n) is 4.80. The zero-order valence-electron chi connectivity index (χ0n) is 9.77. The van der Waals surface area contributed by atoms with E-state index in [2.05, 4.69) is 5.10 Å². The molecule has 0 aliphatic rings. The summed E-state index contributed by atoms with van der Waals surface area (Å²) >= 11 is 0. The second-order valence-electron chi connectivity index (χ2n) is 3.93. The van der Waals surface area contributed by atoms with E-state index >= 15 is 0 Å².